The van der Waals surface area contributed by atoms with E-state index < -0.39 is 0 Å². The van der Waals surface area contributed by atoms with E-state index in [1.807, 2.05) is 6.92 Å². The van der Waals surface area contributed by atoms with Gasteiger partial charge in [0.2, 0.25) is 5.82 Å². The summed E-state index contributed by atoms with van der Waals surface area (Å²) in [6.07, 6.45) is 10.4. The lowest BCUT2D eigenvalue weighted by molar-refractivity contribution is 0.429. The van der Waals surface area contributed by atoms with Gasteiger partial charge < -0.3 is 5.32 Å². The van der Waals surface area contributed by atoms with Crippen molar-refractivity contribution in [1.29, 1.82) is 0 Å². The highest BCUT2D eigenvalue weighted by Gasteiger charge is 2.17. The molecule has 118 valence electrons. The summed E-state index contributed by atoms with van der Waals surface area (Å²) in [6.45, 7) is 1.86. The minimum absolute atomic E-state index is 0.443. The van der Waals surface area contributed by atoms with Crippen molar-refractivity contribution in [3.8, 4) is 11.5 Å². The van der Waals surface area contributed by atoms with Crippen LogP contribution >= 0.6 is 12.2 Å². The molecule has 0 aromatic heterocycles. The van der Waals surface area contributed by atoms with Gasteiger partial charge in [0.1, 0.15) is 6.33 Å². The summed E-state index contributed by atoms with van der Waals surface area (Å²) in [5.74, 6) is 0.634. The third-order valence-electron chi connectivity index (χ3n) is 4.06. The summed E-state index contributed by atoms with van der Waals surface area (Å²) in [6, 6.07) is 0.443. The number of rotatable bonds is 2. The van der Waals surface area contributed by atoms with Crippen LogP contribution in [-0.4, -0.2) is 36.2 Å². The zero-order valence-corrected chi connectivity index (χ0v) is 13.6. The molecule has 0 amide bonds. The van der Waals surface area contributed by atoms with Gasteiger partial charge in [0.05, 0.1) is 5.69 Å². The molecule has 0 bridgehead atoms. The normalized spacial score (nSPS) is 17.0. The Kier molecular flexibility index (Phi) is 4.77. The van der Waals surface area contributed by atoms with E-state index in [9.17, 15) is 0 Å². The lowest BCUT2D eigenvalue weighted by Crippen LogP contribution is -2.41. The molecule has 3 rings (SSSR count). The molecule has 2 N–H and O–H groups in total. The molecule has 0 radical (unpaired) electrons. The molecular weight excluding hydrogens is 298 g/mol. The third-order valence-corrected chi connectivity index (χ3v) is 4.27. The topological polar surface area (TPSA) is 80.5 Å². The van der Waals surface area contributed by atoms with Crippen molar-refractivity contribution in [3.05, 3.63) is 12.0 Å². The van der Waals surface area contributed by atoms with Crippen molar-refractivity contribution in [2.24, 2.45) is 0 Å². The van der Waals surface area contributed by atoms with Gasteiger partial charge in [-0.2, -0.15) is 5.10 Å². The first-order valence-electron chi connectivity index (χ1n) is 7.84. The number of aryl methyl sites for hydroxylation is 1. The highest BCUT2D eigenvalue weighted by Crippen LogP contribution is 2.18. The zero-order valence-electron chi connectivity index (χ0n) is 12.7. The lowest BCUT2D eigenvalue weighted by atomic mass is 9.97. The molecule has 3 aliphatic rings. The van der Waals surface area contributed by atoms with Gasteiger partial charge in [0, 0.05) is 6.04 Å². The van der Waals surface area contributed by atoms with E-state index >= 15 is 0 Å². The van der Waals surface area contributed by atoms with Gasteiger partial charge in [-0.15, -0.1) is 15.3 Å². The molecule has 8 heteroatoms. The SMILES string of the molecule is Cc1nnc2n(NC(=S)NC3CCCCCCC3)cnnc1-2. The smallest absolute Gasteiger partial charge is 0.205 e. The van der Waals surface area contributed by atoms with Crippen molar-refractivity contribution in [2.75, 3.05) is 5.43 Å². The number of nitrogens with one attached hydrogen (secondary N) is 2. The fraction of sp³-hybridized carbons (Fsp3) is 0.643. The molecule has 0 aromatic carbocycles. The standard InChI is InChI=1S/C14H21N7S/c1-10-12-13(19-17-10)21(9-15-18-12)20-14(22)16-11-7-5-3-2-4-6-8-11/h9,11H,2-8H2,1H3,(H2,16,20,22). The van der Waals surface area contributed by atoms with Crippen LogP contribution in [-0.2, 0) is 0 Å². The second-order valence-corrected chi connectivity index (χ2v) is 6.19. The third kappa shape index (κ3) is 3.49. The maximum Gasteiger partial charge on any atom is 0.205 e. The first kappa shape index (κ1) is 15.1. The number of hydrogen-bond donors (Lipinski definition) is 2. The molecule has 0 atom stereocenters. The second-order valence-electron chi connectivity index (χ2n) is 5.79. The van der Waals surface area contributed by atoms with E-state index in [1.165, 1.54) is 44.9 Å². The molecular formula is C14H21N7S. The molecule has 0 saturated heterocycles. The Morgan fingerprint density at radius 1 is 1.14 bits per heavy atom. The highest BCUT2D eigenvalue weighted by molar-refractivity contribution is 7.80. The van der Waals surface area contributed by atoms with Crippen LogP contribution in [0.1, 0.15) is 50.6 Å². The fourth-order valence-corrected chi connectivity index (χ4v) is 3.12. The van der Waals surface area contributed by atoms with Gasteiger partial charge in [-0.3, -0.25) is 5.43 Å². The van der Waals surface area contributed by atoms with Crippen molar-refractivity contribution in [3.63, 3.8) is 0 Å². The van der Waals surface area contributed by atoms with Crippen LogP contribution in [0.3, 0.4) is 0 Å². The molecule has 7 nitrogen and oxygen atoms in total. The highest BCUT2D eigenvalue weighted by atomic mass is 32.1. The molecule has 2 heterocycles. The van der Waals surface area contributed by atoms with Crippen molar-refractivity contribution >= 4 is 17.3 Å². The predicted molar refractivity (Wildman–Crippen MR) is 88.2 cm³/mol. The van der Waals surface area contributed by atoms with Gasteiger partial charge in [-0.1, -0.05) is 32.1 Å². The minimum Gasteiger partial charge on any atom is -0.359 e. The zero-order chi connectivity index (χ0) is 15.4. The first-order valence-corrected chi connectivity index (χ1v) is 8.25. The number of aromatic nitrogens is 5. The van der Waals surface area contributed by atoms with E-state index in [4.69, 9.17) is 12.2 Å². The fourth-order valence-electron chi connectivity index (χ4n) is 2.86. The minimum atomic E-state index is 0.443. The Hall–Kier alpha value is -1.83. The molecule has 1 aliphatic carbocycles. The molecule has 22 heavy (non-hydrogen) atoms. The van der Waals surface area contributed by atoms with Crippen molar-refractivity contribution < 1.29 is 0 Å². The number of thiocarbonyl (C=S) groups is 1. The number of nitrogens with zero attached hydrogens (tertiary/aromatic N) is 5. The van der Waals surface area contributed by atoms with Crippen molar-refractivity contribution in [1.82, 2.24) is 30.4 Å². The quantitative estimate of drug-likeness (QED) is 0.820. The van der Waals surface area contributed by atoms with Crippen LogP contribution in [0.25, 0.3) is 11.5 Å². The van der Waals surface area contributed by atoms with Gasteiger partial charge in [0.15, 0.2) is 10.8 Å². The van der Waals surface area contributed by atoms with Crippen LogP contribution in [0.4, 0.5) is 0 Å². The van der Waals surface area contributed by atoms with Gasteiger partial charge >= 0.3 is 0 Å². The van der Waals surface area contributed by atoms with Gasteiger partial charge in [-0.05, 0) is 32.0 Å². The summed E-state index contributed by atoms with van der Waals surface area (Å²) in [5, 5.41) is 20.1. The van der Waals surface area contributed by atoms with E-state index in [2.05, 4.69) is 31.1 Å². The van der Waals surface area contributed by atoms with Crippen LogP contribution < -0.4 is 10.7 Å². The van der Waals surface area contributed by atoms with Gasteiger partial charge in [0.25, 0.3) is 0 Å². The number of hydrogen-bond acceptors (Lipinski definition) is 5. The monoisotopic (exact) mass is 319 g/mol. The first-order chi connectivity index (χ1) is 10.7. The largest absolute Gasteiger partial charge is 0.359 e. The summed E-state index contributed by atoms with van der Waals surface area (Å²) >= 11 is 5.43. The second kappa shape index (κ2) is 6.95. The molecule has 1 fully saturated rings. The van der Waals surface area contributed by atoms with E-state index in [1.54, 1.807) is 11.0 Å². The summed E-state index contributed by atoms with van der Waals surface area (Å²) in [7, 11) is 0. The average Bonchev–Trinajstić information content (AvgIpc) is 2.85. The van der Waals surface area contributed by atoms with E-state index in [0.29, 0.717) is 22.7 Å². The Labute approximate surface area is 135 Å². The molecule has 0 spiro atoms. The van der Waals surface area contributed by atoms with Crippen LogP contribution in [0, 0.1) is 6.92 Å². The van der Waals surface area contributed by atoms with Crippen LogP contribution in [0.2, 0.25) is 0 Å². The van der Waals surface area contributed by atoms with Crippen molar-refractivity contribution in [2.45, 2.75) is 57.9 Å². The Balaban J connectivity index is 1.62. The molecule has 0 aromatic rings. The van der Waals surface area contributed by atoms with E-state index in [-0.39, 0.29) is 0 Å². The predicted octanol–water partition coefficient (Wildman–Crippen LogP) is 2.01. The number of fused-ring (bicyclic) bond motifs is 1. The summed E-state index contributed by atoms with van der Waals surface area (Å²) < 4.78 is 1.67. The average molecular weight is 319 g/mol. The molecule has 2 aliphatic heterocycles. The van der Waals surface area contributed by atoms with Crippen LogP contribution in [0.5, 0.6) is 0 Å². The molecule has 0 unspecified atom stereocenters. The maximum atomic E-state index is 5.43. The summed E-state index contributed by atoms with van der Waals surface area (Å²) in [5.41, 5.74) is 4.56. The van der Waals surface area contributed by atoms with Gasteiger partial charge in [-0.25, -0.2) is 4.68 Å². The Morgan fingerprint density at radius 2 is 1.86 bits per heavy atom. The van der Waals surface area contributed by atoms with E-state index in [0.717, 1.165) is 5.69 Å². The maximum absolute atomic E-state index is 5.43. The van der Waals surface area contributed by atoms with Crippen LogP contribution in [0.15, 0.2) is 6.33 Å². The lowest BCUT2D eigenvalue weighted by Gasteiger charge is -2.23. The summed E-state index contributed by atoms with van der Waals surface area (Å²) in [4.78, 5) is 0. The Morgan fingerprint density at radius 3 is 2.64 bits per heavy atom. The molecule has 1 saturated carbocycles. The Bertz CT molecular complexity index is 603.